The second-order valence-corrected chi connectivity index (χ2v) is 4.20. The van der Waals surface area contributed by atoms with E-state index in [1.165, 1.54) is 6.20 Å². The van der Waals surface area contributed by atoms with Gasteiger partial charge in [-0.05, 0) is 12.5 Å². The monoisotopic (exact) mass is 244 g/mol. The Morgan fingerprint density at radius 1 is 1.24 bits per heavy atom. The van der Waals surface area contributed by atoms with Crippen LogP contribution in [-0.2, 0) is 0 Å². The van der Waals surface area contributed by atoms with Crippen LogP contribution in [0.15, 0.2) is 40.9 Å². The molecule has 0 aliphatic heterocycles. The molecule has 0 amide bonds. The summed E-state index contributed by atoms with van der Waals surface area (Å²) in [5.74, 6) is 0.764. The van der Waals surface area contributed by atoms with E-state index in [0.29, 0.717) is 16.4 Å². The molecule has 0 unspecified atom stereocenters. The third-order valence-electron chi connectivity index (χ3n) is 2.62. The van der Waals surface area contributed by atoms with Gasteiger partial charge in [0.15, 0.2) is 0 Å². The maximum Gasteiger partial charge on any atom is 0.245 e. The Labute approximate surface area is 103 Å². The van der Waals surface area contributed by atoms with Crippen LogP contribution < -0.4 is 0 Å². The standard InChI is InChI=1S/C13H9ClN2O/c1-8-4-2-3-5-9(8)11-6-10-13(17-11)15-7-12(14)16-10/h2-7H,1H3. The van der Waals surface area contributed by atoms with Crippen LogP contribution in [0, 0.1) is 6.92 Å². The highest BCUT2D eigenvalue weighted by molar-refractivity contribution is 6.29. The zero-order valence-corrected chi connectivity index (χ0v) is 9.90. The number of benzene rings is 1. The Morgan fingerprint density at radius 3 is 2.88 bits per heavy atom. The first-order valence-corrected chi connectivity index (χ1v) is 5.60. The van der Waals surface area contributed by atoms with Crippen molar-refractivity contribution in [3.05, 3.63) is 47.2 Å². The van der Waals surface area contributed by atoms with Crippen LogP contribution in [0.2, 0.25) is 5.15 Å². The quantitative estimate of drug-likeness (QED) is 0.653. The number of hydrogen-bond donors (Lipinski definition) is 0. The van der Waals surface area contributed by atoms with Crippen LogP contribution in [0.25, 0.3) is 22.6 Å². The van der Waals surface area contributed by atoms with E-state index < -0.39 is 0 Å². The predicted molar refractivity (Wildman–Crippen MR) is 67.0 cm³/mol. The lowest BCUT2D eigenvalue weighted by molar-refractivity contribution is 0.617. The molecule has 0 radical (unpaired) electrons. The van der Waals surface area contributed by atoms with Crippen molar-refractivity contribution in [3.8, 4) is 11.3 Å². The van der Waals surface area contributed by atoms with Gasteiger partial charge in [0.1, 0.15) is 16.4 Å². The van der Waals surface area contributed by atoms with Crippen molar-refractivity contribution in [1.82, 2.24) is 9.97 Å². The fraction of sp³-hybridized carbons (Fsp3) is 0.0769. The molecule has 0 aliphatic rings. The molecule has 2 aromatic heterocycles. The molecule has 2 heterocycles. The number of aromatic nitrogens is 2. The van der Waals surface area contributed by atoms with Crippen molar-refractivity contribution in [2.75, 3.05) is 0 Å². The summed E-state index contributed by atoms with van der Waals surface area (Å²) in [6, 6.07) is 9.87. The largest absolute Gasteiger partial charge is 0.436 e. The number of aryl methyl sites for hydroxylation is 1. The maximum atomic E-state index is 5.79. The summed E-state index contributed by atoms with van der Waals surface area (Å²) in [5, 5.41) is 0.370. The Bertz CT molecular complexity index is 691. The lowest BCUT2D eigenvalue weighted by Crippen LogP contribution is -1.78. The number of furan rings is 1. The molecule has 17 heavy (non-hydrogen) atoms. The van der Waals surface area contributed by atoms with E-state index in [1.54, 1.807) is 0 Å². The van der Waals surface area contributed by atoms with Gasteiger partial charge in [-0.25, -0.2) is 9.97 Å². The van der Waals surface area contributed by atoms with Crippen LogP contribution in [0.3, 0.4) is 0 Å². The molecular weight excluding hydrogens is 236 g/mol. The van der Waals surface area contributed by atoms with Gasteiger partial charge >= 0.3 is 0 Å². The first-order valence-electron chi connectivity index (χ1n) is 5.22. The van der Waals surface area contributed by atoms with Crippen molar-refractivity contribution in [2.24, 2.45) is 0 Å². The fourth-order valence-electron chi connectivity index (χ4n) is 1.78. The molecular formula is C13H9ClN2O. The molecule has 3 nitrogen and oxygen atoms in total. The van der Waals surface area contributed by atoms with Gasteiger partial charge in [0, 0.05) is 11.6 Å². The zero-order chi connectivity index (χ0) is 11.8. The van der Waals surface area contributed by atoms with Gasteiger partial charge in [0.05, 0.1) is 6.20 Å². The molecule has 1 aromatic carbocycles. The first-order chi connectivity index (χ1) is 8.24. The summed E-state index contributed by atoms with van der Waals surface area (Å²) < 4.78 is 5.66. The highest BCUT2D eigenvalue weighted by Gasteiger charge is 2.10. The second-order valence-electron chi connectivity index (χ2n) is 3.81. The van der Waals surface area contributed by atoms with E-state index in [0.717, 1.165) is 16.9 Å². The molecule has 0 bridgehead atoms. The van der Waals surface area contributed by atoms with Crippen LogP contribution in [0.4, 0.5) is 0 Å². The molecule has 0 fully saturated rings. The molecule has 0 spiro atoms. The van der Waals surface area contributed by atoms with E-state index in [4.69, 9.17) is 16.0 Å². The highest BCUT2D eigenvalue weighted by atomic mass is 35.5. The van der Waals surface area contributed by atoms with Crippen molar-refractivity contribution >= 4 is 22.8 Å². The van der Waals surface area contributed by atoms with E-state index in [-0.39, 0.29) is 0 Å². The number of halogens is 1. The second kappa shape index (κ2) is 3.86. The van der Waals surface area contributed by atoms with Crippen LogP contribution in [-0.4, -0.2) is 9.97 Å². The summed E-state index contributed by atoms with van der Waals surface area (Å²) in [5.41, 5.74) is 3.38. The van der Waals surface area contributed by atoms with E-state index in [2.05, 4.69) is 9.97 Å². The summed E-state index contributed by atoms with van der Waals surface area (Å²) in [6.07, 6.45) is 1.48. The minimum absolute atomic E-state index is 0.370. The molecule has 0 atom stereocenters. The molecule has 84 valence electrons. The van der Waals surface area contributed by atoms with Crippen LogP contribution in [0.1, 0.15) is 5.56 Å². The number of hydrogen-bond acceptors (Lipinski definition) is 3. The van der Waals surface area contributed by atoms with E-state index >= 15 is 0 Å². The summed E-state index contributed by atoms with van der Waals surface area (Å²) in [7, 11) is 0. The smallest absolute Gasteiger partial charge is 0.245 e. The molecule has 0 aliphatic carbocycles. The molecule has 0 saturated carbocycles. The average molecular weight is 245 g/mol. The summed E-state index contributed by atoms with van der Waals surface area (Å²) in [4.78, 5) is 8.26. The molecule has 4 heteroatoms. The van der Waals surface area contributed by atoms with E-state index in [9.17, 15) is 0 Å². The van der Waals surface area contributed by atoms with Crippen molar-refractivity contribution in [2.45, 2.75) is 6.92 Å². The number of fused-ring (bicyclic) bond motifs is 1. The molecule has 3 aromatic rings. The Kier molecular flexibility index (Phi) is 2.34. The van der Waals surface area contributed by atoms with Gasteiger partial charge < -0.3 is 4.42 Å². The molecule has 0 saturated heterocycles. The Balaban J connectivity index is 2.22. The van der Waals surface area contributed by atoms with Gasteiger partial charge in [0.25, 0.3) is 0 Å². The normalized spacial score (nSPS) is 10.9. The highest BCUT2D eigenvalue weighted by Crippen LogP contribution is 2.28. The third-order valence-corrected chi connectivity index (χ3v) is 2.80. The predicted octanol–water partition coefficient (Wildman–Crippen LogP) is 3.85. The summed E-state index contributed by atoms with van der Waals surface area (Å²) >= 11 is 5.79. The van der Waals surface area contributed by atoms with E-state index in [1.807, 2.05) is 37.3 Å². The Morgan fingerprint density at radius 2 is 2.06 bits per heavy atom. The minimum Gasteiger partial charge on any atom is -0.436 e. The lowest BCUT2D eigenvalue weighted by atomic mass is 10.1. The SMILES string of the molecule is Cc1ccccc1-c1cc2nc(Cl)cnc2o1. The maximum absolute atomic E-state index is 5.79. The minimum atomic E-state index is 0.370. The molecule has 3 rings (SSSR count). The fourth-order valence-corrected chi connectivity index (χ4v) is 1.92. The van der Waals surface area contributed by atoms with Crippen molar-refractivity contribution in [3.63, 3.8) is 0 Å². The van der Waals surface area contributed by atoms with Crippen molar-refractivity contribution in [1.29, 1.82) is 0 Å². The number of rotatable bonds is 1. The van der Waals surface area contributed by atoms with Crippen molar-refractivity contribution < 1.29 is 4.42 Å². The van der Waals surface area contributed by atoms with Gasteiger partial charge in [-0.3, -0.25) is 0 Å². The topological polar surface area (TPSA) is 38.9 Å². The third kappa shape index (κ3) is 1.78. The molecule has 0 N–H and O–H groups in total. The van der Waals surface area contributed by atoms with Gasteiger partial charge in [-0.2, -0.15) is 0 Å². The van der Waals surface area contributed by atoms with Gasteiger partial charge in [0.2, 0.25) is 5.71 Å². The Hall–Kier alpha value is -1.87. The van der Waals surface area contributed by atoms with Crippen LogP contribution in [0.5, 0.6) is 0 Å². The van der Waals surface area contributed by atoms with Gasteiger partial charge in [-0.1, -0.05) is 35.9 Å². The number of nitrogens with zero attached hydrogens (tertiary/aromatic N) is 2. The first kappa shape index (κ1) is 10.3. The lowest BCUT2D eigenvalue weighted by Gasteiger charge is -1.99. The average Bonchev–Trinajstić information content (AvgIpc) is 2.72. The van der Waals surface area contributed by atoms with Crippen LogP contribution >= 0.6 is 11.6 Å². The summed E-state index contributed by atoms with van der Waals surface area (Å²) in [6.45, 7) is 2.04. The van der Waals surface area contributed by atoms with Gasteiger partial charge in [-0.15, -0.1) is 0 Å². The zero-order valence-electron chi connectivity index (χ0n) is 9.14.